The van der Waals surface area contributed by atoms with Crippen molar-refractivity contribution in [2.75, 3.05) is 12.4 Å². The molecule has 128 valence electrons. The van der Waals surface area contributed by atoms with Crippen LogP contribution in [-0.2, 0) is 6.54 Å². The van der Waals surface area contributed by atoms with Crippen molar-refractivity contribution in [1.82, 2.24) is 4.90 Å². The van der Waals surface area contributed by atoms with Crippen LogP contribution >= 0.6 is 11.3 Å². The predicted molar refractivity (Wildman–Crippen MR) is 98.0 cm³/mol. The number of anilines is 1. The van der Waals surface area contributed by atoms with Crippen LogP contribution < -0.4 is 5.32 Å². The number of hydrogen-bond donors (Lipinski definition) is 1. The Morgan fingerprint density at radius 1 is 1.16 bits per heavy atom. The average Bonchev–Trinajstić information content (AvgIpc) is 3.26. The second kappa shape index (κ2) is 7.36. The molecule has 2 heterocycles. The Bertz CT molecular complexity index is 884. The molecule has 0 unspecified atom stereocenters. The van der Waals surface area contributed by atoms with Crippen LogP contribution in [0.2, 0.25) is 0 Å². The maximum Gasteiger partial charge on any atom is 0.256 e. The van der Waals surface area contributed by atoms with Crippen LogP contribution in [0.1, 0.15) is 32.2 Å². The molecule has 0 aliphatic rings. The van der Waals surface area contributed by atoms with Crippen LogP contribution in [0.25, 0.3) is 0 Å². The molecule has 0 fully saturated rings. The first-order valence-corrected chi connectivity index (χ1v) is 8.72. The number of benzene rings is 1. The van der Waals surface area contributed by atoms with Crippen molar-refractivity contribution in [3.63, 3.8) is 0 Å². The molecule has 0 radical (unpaired) electrons. The minimum absolute atomic E-state index is 0.185. The minimum Gasteiger partial charge on any atom is -0.464 e. The number of thiophene rings is 1. The highest BCUT2D eigenvalue weighted by Gasteiger charge is 2.18. The van der Waals surface area contributed by atoms with E-state index in [9.17, 15) is 9.59 Å². The van der Waals surface area contributed by atoms with E-state index in [0.717, 1.165) is 5.76 Å². The van der Waals surface area contributed by atoms with Crippen LogP contribution in [0.3, 0.4) is 0 Å². The monoisotopic (exact) mass is 354 g/mol. The molecule has 6 heteroatoms. The fourth-order valence-corrected chi connectivity index (χ4v) is 3.08. The van der Waals surface area contributed by atoms with Gasteiger partial charge in [0.05, 0.1) is 23.4 Å². The molecule has 0 spiro atoms. The zero-order valence-electron chi connectivity index (χ0n) is 14.0. The van der Waals surface area contributed by atoms with E-state index >= 15 is 0 Å². The van der Waals surface area contributed by atoms with Gasteiger partial charge in [-0.05, 0) is 42.6 Å². The largest absolute Gasteiger partial charge is 0.464 e. The summed E-state index contributed by atoms with van der Waals surface area (Å²) < 4.78 is 5.52. The smallest absolute Gasteiger partial charge is 0.256 e. The first-order chi connectivity index (χ1) is 12.0. The molecule has 2 aromatic heterocycles. The maximum absolute atomic E-state index is 12.8. The van der Waals surface area contributed by atoms with Gasteiger partial charge >= 0.3 is 0 Å². The topological polar surface area (TPSA) is 62.6 Å². The number of nitrogens with zero attached hydrogens (tertiary/aromatic N) is 1. The SMILES string of the molecule is Cc1ccc(CN(C)C(=O)c2ccccc2NC(=O)c2ccsc2)o1. The quantitative estimate of drug-likeness (QED) is 0.748. The molecular weight excluding hydrogens is 336 g/mol. The lowest BCUT2D eigenvalue weighted by Crippen LogP contribution is -2.27. The van der Waals surface area contributed by atoms with E-state index in [1.54, 1.807) is 47.7 Å². The van der Waals surface area contributed by atoms with E-state index in [-0.39, 0.29) is 11.8 Å². The third-order valence-corrected chi connectivity index (χ3v) is 4.41. The summed E-state index contributed by atoms with van der Waals surface area (Å²) in [5.41, 5.74) is 1.51. The number of amides is 2. The second-order valence-corrected chi connectivity index (χ2v) is 6.47. The van der Waals surface area contributed by atoms with Gasteiger partial charge in [0.1, 0.15) is 11.5 Å². The summed E-state index contributed by atoms with van der Waals surface area (Å²) in [5.74, 6) is 1.11. The van der Waals surface area contributed by atoms with E-state index in [1.807, 2.05) is 24.4 Å². The molecule has 1 N–H and O–H groups in total. The number of nitrogens with one attached hydrogen (secondary N) is 1. The highest BCUT2D eigenvalue weighted by molar-refractivity contribution is 7.08. The third kappa shape index (κ3) is 3.97. The second-order valence-electron chi connectivity index (χ2n) is 5.69. The summed E-state index contributed by atoms with van der Waals surface area (Å²) in [7, 11) is 1.71. The Labute approximate surface area is 149 Å². The Balaban J connectivity index is 1.77. The van der Waals surface area contributed by atoms with Gasteiger partial charge in [0.25, 0.3) is 11.8 Å². The van der Waals surface area contributed by atoms with Crippen LogP contribution in [0, 0.1) is 6.92 Å². The number of furan rings is 1. The molecule has 25 heavy (non-hydrogen) atoms. The van der Waals surface area contributed by atoms with Gasteiger partial charge in [0.15, 0.2) is 0 Å². The van der Waals surface area contributed by atoms with Gasteiger partial charge < -0.3 is 14.6 Å². The summed E-state index contributed by atoms with van der Waals surface area (Å²) in [5, 5.41) is 6.42. The normalized spacial score (nSPS) is 10.5. The molecule has 5 nitrogen and oxygen atoms in total. The lowest BCUT2D eigenvalue weighted by Gasteiger charge is -2.18. The lowest BCUT2D eigenvalue weighted by molar-refractivity contribution is 0.0776. The fourth-order valence-electron chi connectivity index (χ4n) is 2.45. The van der Waals surface area contributed by atoms with Gasteiger partial charge in [-0.3, -0.25) is 9.59 Å². The first-order valence-electron chi connectivity index (χ1n) is 7.78. The van der Waals surface area contributed by atoms with E-state index in [1.165, 1.54) is 11.3 Å². The number of para-hydroxylation sites is 1. The van der Waals surface area contributed by atoms with Crippen LogP contribution in [0.4, 0.5) is 5.69 Å². The van der Waals surface area contributed by atoms with Crippen molar-refractivity contribution in [3.05, 3.63) is 75.9 Å². The van der Waals surface area contributed by atoms with Gasteiger partial charge in [-0.15, -0.1) is 0 Å². The number of hydrogen-bond acceptors (Lipinski definition) is 4. The molecule has 0 aliphatic heterocycles. The number of carbonyl (C=O) groups is 2. The number of aryl methyl sites for hydroxylation is 1. The highest BCUT2D eigenvalue weighted by Crippen LogP contribution is 2.20. The molecule has 0 saturated carbocycles. The van der Waals surface area contributed by atoms with Gasteiger partial charge in [-0.25, -0.2) is 0 Å². The molecule has 0 bridgehead atoms. The Morgan fingerprint density at radius 2 is 1.96 bits per heavy atom. The third-order valence-electron chi connectivity index (χ3n) is 3.72. The van der Waals surface area contributed by atoms with Gasteiger partial charge in [-0.2, -0.15) is 11.3 Å². The maximum atomic E-state index is 12.8. The van der Waals surface area contributed by atoms with E-state index in [2.05, 4.69) is 5.32 Å². The standard InChI is InChI=1S/C19H18N2O3S/c1-13-7-8-15(24-13)11-21(2)19(23)16-5-3-4-6-17(16)20-18(22)14-9-10-25-12-14/h3-10,12H,11H2,1-2H3,(H,20,22). The minimum atomic E-state index is -0.231. The zero-order valence-corrected chi connectivity index (χ0v) is 14.8. The van der Waals surface area contributed by atoms with Crippen molar-refractivity contribution in [2.45, 2.75) is 13.5 Å². The molecule has 0 saturated heterocycles. The Morgan fingerprint density at radius 3 is 2.64 bits per heavy atom. The molecule has 2 amide bonds. The van der Waals surface area contributed by atoms with Crippen molar-refractivity contribution < 1.29 is 14.0 Å². The summed E-state index contributed by atoms with van der Waals surface area (Å²) in [4.78, 5) is 26.6. The average molecular weight is 354 g/mol. The van der Waals surface area contributed by atoms with E-state index < -0.39 is 0 Å². The molecule has 0 atom stereocenters. The molecule has 3 rings (SSSR count). The first kappa shape index (κ1) is 17.0. The fraction of sp³-hybridized carbons (Fsp3) is 0.158. The lowest BCUT2D eigenvalue weighted by atomic mass is 10.1. The summed E-state index contributed by atoms with van der Waals surface area (Å²) in [6.07, 6.45) is 0. The van der Waals surface area contributed by atoms with Crippen LogP contribution in [0.15, 0.2) is 57.6 Å². The van der Waals surface area contributed by atoms with Crippen LogP contribution in [0.5, 0.6) is 0 Å². The molecule has 1 aromatic carbocycles. The van der Waals surface area contributed by atoms with Gasteiger partial charge in [0.2, 0.25) is 0 Å². The summed E-state index contributed by atoms with van der Waals surface area (Å²) in [6, 6.07) is 12.5. The van der Waals surface area contributed by atoms with Crippen LogP contribution in [-0.4, -0.2) is 23.8 Å². The van der Waals surface area contributed by atoms with E-state index in [0.29, 0.717) is 29.1 Å². The predicted octanol–water partition coefficient (Wildman–Crippen LogP) is 4.17. The number of rotatable bonds is 5. The molecule has 0 aliphatic carbocycles. The van der Waals surface area contributed by atoms with E-state index in [4.69, 9.17) is 4.42 Å². The van der Waals surface area contributed by atoms with Crippen molar-refractivity contribution in [3.8, 4) is 0 Å². The van der Waals surface area contributed by atoms with Gasteiger partial charge in [-0.1, -0.05) is 12.1 Å². The molecular formula is C19H18N2O3S. The Hall–Kier alpha value is -2.86. The van der Waals surface area contributed by atoms with Crippen molar-refractivity contribution in [1.29, 1.82) is 0 Å². The Kier molecular flexibility index (Phi) is 5.00. The van der Waals surface area contributed by atoms with Crippen molar-refractivity contribution in [2.24, 2.45) is 0 Å². The zero-order chi connectivity index (χ0) is 17.8. The van der Waals surface area contributed by atoms with Gasteiger partial charge in [0, 0.05) is 12.4 Å². The summed E-state index contributed by atoms with van der Waals surface area (Å²) >= 11 is 1.45. The number of carbonyl (C=O) groups excluding carboxylic acids is 2. The van der Waals surface area contributed by atoms with Crippen molar-refractivity contribution >= 4 is 28.8 Å². The summed E-state index contributed by atoms with van der Waals surface area (Å²) in [6.45, 7) is 2.22. The molecule has 3 aromatic rings. The highest BCUT2D eigenvalue weighted by atomic mass is 32.1.